The largest absolute Gasteiger partial charge is 0.493 e. The number of rotatable bonds is 5. The first kappa shape index (κ1) is 22.6. The summed E-state index contributed by atoms with van der Waals surface area (Å²) >= 11 is 0. The zero-order valence-corrected chi connectivity index (χ0v) is 20.6. The lowest BCUT2D eigenvalue weighted by Crippen LogP contribution is -2.54. The van der Waals surface area contributed by atoms with Crippen LogP contribution in [0.3, 0.4) is 0 Å². The van der Waals surface area contributed by atoms with Gasteiger partial charge in [0.05, 0.1) is 24.5 Å². The number of hydrogen-bond donors (Lipinski definition) is 1. The summed E-state index contributed by atoms with van der Waals surface area (Å²) < 4.78 is 23.4. The van der Waals surface area contributed by atoms with Crippen LogP contribution >= 0.6 is 0 Å². The minimum atomic E-state index is -0.262. The van der Waals surface area contributed by atoms with Crippen LogP contribution in [0.2, 0.25) is 0 Å². The van der Waals surface area contributed by atoms with Crippen LogP contribution in [0.15, 0.2) is 24.8 Å². The average molecular weight is 466 g/mol. The Balaban J connectivity index is 1.64. The maximum absolute atomic E-state index is 16.2. The fraction of sp³-hybridized carbons (Fsp3) is 0.480. The van der Waals surface area contributed by atoms with Crippen LogP contribution in [0.4, 0.5) is 10.2 Å². The number of pyridine rings is 2. The summed E-state index contributed by atoms with van der Waals surface area (Å²) in [5, 5.41) is 4.88. The summed E-state index contributed by atoms with van der Waals surface area (Å²) in [7, 11) is 1.61. The molecule has 180 valence electrons. The van der Waals surface area contributed by atoms with E-state index in [0.29, 0.717) is 34.2 Å². The number of anilines is 1. The van der Waals surface area contributed by atoms with Crippen molar-refractivity contribution in [3.8, 4) is 17.0 Å². The molecule has 0 amide bonds. The molecule has 0 spiro atoms. The number of hydrogen-bond acceptors (Lipinski definition) is 6. The molecular weight excluding hydrogens is 433 g/mol. The topological polar surface area (TPSA) is 74.6 Å². The highest BCUT2D eigenvalue weighted by Crippen LogP contribution is 2.40. The van der Waals surface area contributed by atoms with Gasteiger partial charge >= 0.3 is 0 Å². The van der Waals surface area contributed by atoms with Gasteiger partial charge in [0.1, 0.15) is 6.33 Å². The molecule has 0 bridgehead atoms. The maximum Gasteiger partial charge on any atom is 0.197 e. The molecule has 8 nitrogen and oxygen atoms in total. The molecule has 1 saturated heterocycles. The van der Waals surface area contributed by atoms with Crippen molar-refractivity contribution in [2.24, 2.45) is 0 Å². The summed E-state index contributed by atoms with van der Waals surface area (Å²) in [6.45, 7) is 13.3. The SMILES string of the molecule is COc1cc(-c2[nH]c3cnc(N4CCN(C(C)C)C[C@H]4C)c(F)c3c2C(C)C)cn2ncnc12. The van der Waals surface area contributed by atoms with Gasteiger partial charge in [0.25, 0.3) is 0 Å². The smallest absolute Gasteiger partial charge is 0.197 e. The Morgan fingerprint density at radius 2 is 1.97 bits per heavy atom. The zero-order chi connectivity index (χ0) is 24.1. The predicted octanol–water partition coefficient (Wildman–Crippen LogP) is 4.46. The Labute approximate surface area is 198 Å². The molecule has 1 aliphatic heterocycles. The summed E-state index contributed by atoms with van der Waals surface area (Å²) in [5.41, 5.74) is 3.95. The molecule has 0 radical (unpaired) electrons. The van der Waals surface area contributed by atoms with E-state index in [4.69, 9.17) is 4.74 Å². The maximum atomic E-state index is 16.2. The molecule has 5 heterocycles. The minimum absolute atomic E-state index is 0.0844. The van der Waals surface area contributed by atoms with Gasteiger partial charge in [0, 0.05) is 48.9 Å². The van der Waals surface area contributed by atoms with E-state index in [1.165, 1.54) is 6.33 Å². The number of aromatic amines is 1. The van der Waals surface area contributed by atoms with Gasteiger partial charge in [-0.1, -0.05) is 13.8 Å². The van der Waals surface area contributed by atoms with Crippen molar-refractivity contribution in [1.82, 2.24) is 29.5 Å². The van der Waals surface area contributed by atoms with Gasteiger partial charge in [-0.15, -0.1) is 0 Å². The van der Waals surface area contributed by atoms with Crippen LogP contribution in [0, 0.1) is 5.82 Å². The number of ether oxygens (including phenoxy) is 1. The van der Waals surface area contributed by atoms with Crippen LogP contribution < -0.4 is 9.64 Å². The number of H-pyrrole nitrogens is 1. The van der Waals surface area contributed by atoms with Gasteiger partial charge in [0.15, 0.2) is 23.0 Å². The average Bonchev–Trinajstić information content (AvgIpc) is 3.44. The second-order valence-electron chi connectivity index (χ2n) is 9.71. The highest BCUT2D eigenvalue weighted by Gasteiger charge is 2.30. The van der Waals surface area contributed by atoms with E-state index in [-0.39, 0.29) is 17.8 Å². The first-order valence-electron chi connectivity index (χ1n) is 11.9. The molecule has 4 aromatic heterocycles. The summed E-state index contributed by atoms with van der Waals surface area (Å²) in [5.74, 6) is 0.864. The molecule has 1 N–H and O–H groups in total. The number of aromatic nitrogens is 5. The number of nitrogens with zero attached hydrogens (tertiary/aromatic N) is 6. The molecule has 9 heteroatoms. The van der Waals surface area contributed by atoms with Gasteiger partial charge in [0.2, 0.25) is 0 Å². The number of methoxy groups -OCH3 is 1. The molecule has 4 aromatic rings. The lowest BCUT2D eigenvalue weighted by Gasteiger charge is -2.42. The number of piperazine rings is 1. The van der Waals surface area contributed by atoms with Gasteiger partial charge in [-0.05, 0) is 38.3 Å². The number of fused-ring (bicyclic) bond motifs is 2. The first-order chi connectivity index (χ1) is 16.3. The van der Waals surface area contributed by atoms with E-state index in [2.05, 4.69) is 64.5 Å². The van der Waals surface area contributed by atoms with Crippen molar-refractivity contribution < 1.29 is 9.13 Å². The summed E-state index contributed by atoms with van der Waals surface area (Å²) in [6.07, 6.45) is 5.14. The predicted molar refractivity (Wildman–Crippen MR) is 132 cm³/mol. The molecule has 1 aliphatic rings. The van der Waals surface area contributed by atoms with E-state index in [0.717, 1.165) is 36.5 Å². The van der Waals surface area contributed by atoms with Crippen LogP contribution in [0.25, 0.3) is 27.8 Å². The Kier molecular flexibility index (Phi) is 5.67. The van der Waals surface area contributed by atoms with E-state index in [9.17, 15) is 0 Å². The Morgan fingerprint density at radius 1 is 1.18 bits per heavy atom. The molecule has 5 rings (SSSR count). The normalized spacial score (nSPS) is 17.6. The van der Waals surface area contributed by atoms with Crippen molar-refractivity contribution in [2.75, 3.05) is 31.6 Å². The Hall–Kier alpha value is -3.20. The van der Waals surface area contributed by atoms with E-state index >= 15 is 4.39 Å². The minimum Gasteiger partial charge on any atom is -0.493 e. The quantitative estimate of drug-likeness (QED) is 0.469. The summed E-state index contributed by atoms with van der Waals surface area (Å²) in [6, 6.07) is 2.57. The van der Waals surface area contributed by atoms with E-state index in [1.807, 2.05) is 12.3 Å². The third-order valence-corrected chi connectivity index (χ3v) is 6.89. The highest BCUT2D eigenvalue weighted by atomic mass is 19.1. The fourth-order valence-electron chi connectivity index (χ4n) is 5.12. The lowest BCUT2D eigenvalue weighted by molar-refractivity contribution is 0.184. The van der Waals surface area contributed by atoms with Gasteiger partial charge in [-0.2, -0.15) is 5.10 Å². The standard InChI is InChI=1S/C25H32FN7O/c1-14(2)20-21-18(30-23(20)17-9-19(34-6)24-28-13-29-33(24)12-17)10-27-25(22(21)26)32-8-7-31(15(3)4)11-16(32)5/h9-10,12-16,30H,7-8,11H2,1-6H3/t16-/m1/s1. The van der Waals surface area contributed by atoms with Crippen molar-refractivity contribution in [1.29, 1.82) is 0 Å². The third kappa shape index (κ3) is 3.58. The molecule has 1 atom stereocenters. The molecule has 0 unspecified atom stereocenters. The second kappa shape index (κ2) is 8.54. The van der Waals surface area contributed by atoms with Crippen molar-refractivity contribution in [2.45, 2.75) is 52.6 Å². The molecule has 0 aromatic carbocycles. The fourth-order valence-corrected chi connectivity index (χ4v) is 5.12. The van der Waals surface area contributed by atoms with Crippen LogP contribution in [-0.4, -0.2) is 68.3 Å². The van der Waals surface area contributed by atoms with E-state index in [1.54, 1.807) is 17.8 Å². The van der Waals surface area contributed by atoms with Crippen LogP contribution in [0.5, 0.6) is 5.75 Å². The van der Waals surface area contributed by atoms with Gasteiger partial charge in [-0.3, -0.25) is 4.90 Å². The first-order valence-corrected chi connectivity index (χ1v) is 11.9. The molecule has 0 aliphatic carbocycles. The second-order valence-corrected chi connectivity index (χ2v) is 9.71. The van der Waals surface area contributed by atoms with Crippen molar-refractivity contribution in [3.63, 3.8) is 0 Å². The molecule has 1 fully saturated rings. The van der Waals surface area contributed by atoms with Gasteiger partial charge in [-0.25, -0.2) is 18.9 Å². The Morgan fingerprint density at radius 3 is 2.65 bits per heavy atom. The highest BCUT2D eigenvalue weighted by molar-refractivity contribution is 5.93. The number of nitrogens with one attached hydrogen (secondary N) is 1. The van der Waals surface area contributed by atoms with E-state index < -0.39 is 0 Å². The number of halogens is 1. The van der Waals surface area contributed by atoms with Crippen molar-refractivity contribution in [3.05, 3.63) is 36.2 Å². The lowest BCUT2D eigenvalue weighted by atomic mass is 9.96. The summed E-state index contributed by atoms with van der Waals surface area (Å²) in [4.78, 5) is 16.8. The Bertz CT molecular complexity index is 1340. The monoisotopic (exact) mass is 465 g/mol. The third-order valence-electron chi connectivity index (χ3n) is 6.89. The van der Waals surface area contributed by atoms with Crippen LogP contribution in [0.1, 0.15) is 46.1 Å². The molecule has 0 saturated carbocycles. The molecular formula is C25H32FN7O. The zero-order valence-electron chi connectivity index (χ0n) is 20.6. The van der Waals surface area contributed by atoms with Crippen molar-refractivity contribution >= 4 is 22.4 Å². The van der Waals surface area contributed by atoms with Gasteiger partial charge < -0.3 is 14.6 Å². The van der Waals surface area contributed by atoms with Crippen LogP contribution in [-0.2, 0) is 0 Å². The molecule has 34 heavy (non-hydrogen) atoms.